The molecule has 1 rings (SSSR count). The van der Waals surface area contributed by atoms with Gasteiger partial charge in [0.05, 0.1) is 11.3 Å². The first-order chi connectivity index (χ1) is 7.90. The Hall–Kier alpha value is -0.660. The lowest BCUT2D eigenvalue weighted by atomic mass is 10.3. The summed E-state index contributed by atoms with van der Waals surface area (Å²) in [7, 11) is -3.52. The summed E-state index contributed by atoms with van der Waals surface area (Å²) in [5.41, 5.74) is 5.39. The summed E-state index contributed by atoms with van der Waals surface area (Å²) < 4.78 is 26.0. The van der Waals surface area contributed by atoms with Crippen LogP contribution in [0.4, 0.5) is 0 Å². The summed E-state index contributed by atoms with van der Waals surface area (Å²) in [5.74, 6) is -0.275. The van der Waals surface area contributed by atoms with E-state index in [2.05, 4.69) is 10.0 Å². The van der Waals surface area contributed by atoms with Gasteiger partial charge < -0.3 is 11.1 Å². The molecule has 6 nitrogen and oxygen atoms in total. The Balaban J connectivity index is 2.53. The van der Waals surface area contributed by atoms with Crippen LogP contribution in [0.2, 0.25) is 0 Å². The normalized spacial score (nSPS) is 19.7. The fraction of sp³-hybridized carbons (Fsp3) is 0.900. The van der Waals surface area contributed by atoms with E-state index in [1.807, 2.05) is 0 Å². The quantitative estimate of drug-likeness (QED) is 0.566. The summed E-state index contributed by atoms with van der Waals surface area (Å²) in [4.78, 5) is 11.6. The first-order valence-corrected chi connectivity index (χ1v) is 7.47. The van der Waals surface area contributed by atoms with Crippen LogP contribution in [0.3, 0.4) is 0 Å². The Labute approximate surface area is 102 Å². The van der Waals surface area contributed by atoms with E-state index in [-0.39, 0.29) is 18.5 Å². The maximum atomic E-state index is 11.8. The van der Waals surface area contributed by atoms with E-state index in [9.17, 15) is 13.2 Å². The minimum Gasteiger partial charge on any atom is -0.352 e. The summed E-state index contributed by atoms with van der Waals surface area (Å²) in [6.45, 7) is 3.35. The minimum absolute atomic E-state index is 0.0583. The van der Waals surface area contributed by atoms with Crippen molar-refractivity contribution < 1.29 is 13.2 Å². The highest BCUT2D eigenvalue weighted by Crippen LogP contribution is 2.18. The number of rotatable bonds is 7. The second-order valence-corrected chi connectivity index (χ2v) is 6.43. The molecule has 2 atom stereocenters. The summed E-state index contributed by atoms with van der Waals surface area (Å²) >= 11 is 0. The van der Waals surface area contributed by atoms with Gasteiger partial charge in [-0.15, -0.1) is 0 Å². The van der Waals surface area contributed by atoms with E-state index in [4.69, 9.17) is 5.73 Å². The highest BCUT2D eigenvalue weighted by molar-refractivity contribution is 7.90. The number of sulfonamides is 1. The highest BCUT2D eigenvalue weighted by atomic mass is 32.2. The Morgan fingerprint density at radius 3 is 2.47 bits per heavy atom. The van der Waals surface area contributed by atoms with Crippen molar-refractivity contribution in [1.29, 1.82) is 0 Å². The molecule has 1 aliphatic carbocycles. The van der Waals surface area contributed by atoms with Crippen molar-refractivity contribution in [3.63, 3.8) is 0 Å². The zero-order valence-corrected chi connectivity index (χ0v) is 11.1. The number of hydrogen-bond acceptors (Lipinski definition) is 4. The van der Waals surface area contributed by atoms with E-state index in [0.717, 1.165) is 12.8 Å². The van der Waals surface area contributed by atoms with Crippen LogP contribution in [0.25, 0.3) is 0 Å². The molecule has 0 spiro atoms. The number of carbonyl (C=O) groups excluding carboxylic acids is 1. The third kappa shape index (κ3) is 4.25. The van der Waals surface area contributed by atoms with Gasteiger partial charge in [-0.05, 0) is 26.2 Å². The van der Waals surface area contributed by atoms with Gasteiger partial charge in [0.15, 0.2) is 0 Å². The van der Waals surface area contributed by atoms with Crippen LogP contribution >= 0.6 is 0 Å². The highest BCUT2D eigenvalue weighted by Gasteiger charge is 2.29. The molecule has 0 aromatic carbocycles. The van der Waals surface area contributed by atoms with Crippen molar-refractivity contribution in [2.75, 3.05) is 6.54 Å². The molecule has 0 aromatic heterocycles. The summed E-state index contributed by atoms with van der Waals surface area (Å²) in [5, 5.41) is 2.11. The van der Waals surface area contributed by atoms with Gasteiger partial charge in [0.25, 0.3) is 0 Å². The van der Waals surface area contributed by atoms with Gasteiger partial charge >= 0.3 is 0 Å². The Bertz CT molecular complexity index is 361. The number of amides is 1. The zero-order valence-electron chi connectivity index (χ0n) is 10.3. The van der Waals surface area contributed by atoms with E-state index >= 15 is 0 Å². The maximum Gasteiger partial charge on any atom is 0.238 e. The van der Waals surface area contributed by atoms with Crippen LogP contribution in [-0.4, -0.2) is 38.2 Å². The number of nitrogens with two attached hydrogens (primary N) is 1. The molecule has 1 fully saturated rings. The number of nitrogens with one attached hydrogen (secondary N) is 2. The molecular weight excluding hydrogens is 242 g/mol. The maximum absolute atomic E-state index is 11.8. The predicted molar refractivity (Wildman–Crippen MR) is 65.8 cm³/mol. The van der Waals surface area contributed by atoms with E-state index in [1.54, 1.807) is 13.8 Å². The van der Waals surface area contributed by atoms with Crippen molar-refractivity contribution in [2.45, 2.75) is 50.4 Å². The monoisotopic (exact) mass is 263 g/mol. The first kappa shape index (κ1) is 14.4. The van der Waals surface area contributed by atoms with Crippen LogP contribution in [-0.2, 0) is 14.8 Å². The van der Waals surface area contributed by atoms with Gasteiger partial charge in [-0.25, -0.2) is 13.1 Å². The van der Waals surface area contributed by atoms with Gasteiger partial charge in [0.2, 0.25) is 15.9 Å². The molecule has 1 saturated carbocycles. The third-order valence-electron chi connectivity index (χ3n) is 2.82. The number of hydrogen-bond donors (Lipinski definition) is 3. The second kappa shape index (κ2) is 5.79. The van der Waals surface area contributed by atoms with Crippen molar-refractivity contribution in [3.8, 4) is 0 Å². The molecule has 0 saturated heterocycles. The molecule has 1 aliphatic rings. The van der Waals surface area contributed by atoms with E-state index < -0.39 is 21.3 Å². The van der Waals surface area contributed by atoms with Crippen molar-refractivity contribution in [3.05, 3.63) is 0 Å². The first-order valence-electron chi connectivity index (χ1n) is 5.92. The molecule has 0 bridgehead atoms. The molecule has 2 unspecified atom stereocenters. The fourth-order valence-corrected chi connectivity index (χ4v) is 2.95. The van der Waals surface area contributed by atoms with Crippen molar-refractivity contribution in [2.24, 2.45) is 5.73 Å². The van der Waals surface area contributed by atoms with Gasteiger partial charge in [-0.2, -0.15) is 0 Å². The lowest BCUT2D eigenvalue weighted by Crippen LogP contribution is -2.49. The lowest BCUT2D eigenvalue weighted by Gasteiger charge is -2.18. The van der Waals surface area contributed by atoms with Crippen LogP contribution in [0.15, 0.2) is 0 Å². The van der Waals surface area contributed by atoms with Crippen molar-refractivity contribution in [1.82, 2.24) is 10.0 Å². The standard InChI is InChI=1S/C10H21N3O3S/c1-3-9(6-11)17(15,16)13-7(2)10(14)12-8-4-5-8/h7-9,13H,3-6,11H2,1-2H3,(H,12,14). The van der Waals surface area contributed by atoms with Gasteiger partial charge in [0, 0.05) is 12.6 Å². The molecule has 100 valence electrons. The zero-order chi connectivity index (χ0) is 13.1. The second-order valence-electron chi connectivity index (χ2n) is 4.43. The molecule has 0 aliphatic heterocycles. The average molecular weight is 263 g/mol. The van der Waals surface area contributed by atoms with Crippen LogP contribution in [0.5, 0.6) is 0 Å². The molecule has 0 heterocycles. The fourth-order valence-electron chi connectivity index (χ4n) is 1.46. The van der Waals surface area contributed by atoms with Crippen LogP contribution in [0.1, 0.15) is 33.1 Å². The molecule has 17 heavy (non-hydrogen) atoms. The predicted octanol–water partition coefficient (Wildman–Crippen LogP) is -0.690. The molecule has 4 N–H and O–H groups in total. The van der Waals surface area contributed by atoms with Gasteiger partial charge in [-0.3, -0.25) is 4.79 Å². The minimum atomic E-state index is -3.52. The molecule has 7 heteroatoms. The van der Waals surface area contributed by atoms with Gasteiger partial charge in [0.1, 0.15) is 0 Å². The van der Waals surface area contributed by atoms with E-state index in [1.165, 1.54) is 0 Å². The average Bonchev–Trinajstić information content (AvgIpc) is 3.02. The lowest BCUT2D eigenvalue weighted by molar-refractivity contribution is -0.122. The summed E-state index contributed by atoms with van der Waals surface area (Å²) in [6.07, 6.45) is 2.39. The number of carbonyl (C=O) groups is 1. The molecule has 0 radical (unpaired) electrons. The van der Waals surface area contributed by atoms with E-state index in [0.29, 0.717) is 6.42 Å². The SMILES string of the molecule is CCC(CN)S(=O)(=O)NC(C)C(=O)NC1CC1. The molecule has 0 aromatic rings. The van der Waals surface area contributed by atoms with Gasteiger partial charge in [-0.1, -0.05) is 6.92 Å². The van der Waals surface area contributed by atoms with Crippen LogP contribution < -0.4 is 15.8 Å². The third-order valence-corrected chi connectivity index (χ3v) is 4.90. The Kier molecular flexibility index (Phi) is 4.91. The Morgan fingerprint density at radius 1 is 1.47 bits per heavy atom. The van der Waals surface area contributed by atoms with Crippen LogP contribution in [0, 0.1) is 0 Å². The molecule has 1 amide bonds. The smallest absolute Gasteiger partial charge is 0.238 e. The summed E-state index contributed by atoms with van der Waals surface area (Å²) in [6, 6.07) is -0.521. The topological polar surface area (TPSA) is 101 Å². The largest absolute Gasteiger partial charge is 0.352 e. The van der Waals surface area contributed by atoms with Crippen molar-refractivity contribution >= 4 is 15.9 Å². The Morgan fingerprint density at radius 2 is 2.06 bits per heavy atom. The molecular formula is C10H21N3O3S.